The molecule has 0 aliphatic heterocycles. The predicted molar refractivity (Wildman–Crippen MR) is 78.8 cm³/mol. The van der Waals surface area contributed by atoms with Crippen molar-refractivity contribution in [2.24, 2.45) is 0 Å². The molecular weight excluding hydrogens is 292 g/mol. The number of hydrogen-bond donors (Lipinski definition) is 2. The van der Waals surface area contributed by atoms with E-state index in [1.54, 1.807) is 0 Å². The van der Waals surface area contributed by atoms with E-state index in [0.29, 0.717) is 6.04 Å². The Morgan fingerprint density at radius 1 is 1.33 bits per heavy atom. The Hall–Kier alpha value is -1.13. The smallest absolute Gasteiger partial charge is 0.134 e. The molecule has 18 heavy (non-hydrogen) atoms. The fraction of sp³-hybridized carbons (Fsp3) is 0.357. The number of anilines is 1. The molecule has 1 atom stereocenters. The summed E-state index contributed by atoms with van der Waals surface area (Å²) in [6, 6.07) is 8.41. The van der Waals surface area contributed by atoms with E-state index < -0.39 is 0 Å². The minimum Gasteiger partial charge on any atom is -0.396 e. The minimum atomic E-state index is 0.237. The number of pyridine rings is 1. The third kappa shape index (κ3) is 3.00. The number of aliphatic hydroxyl groups excluding tert-OH is 1. The summed E-state index contributed by atoms with van der Waals surface area (Å²) < 4.78 is 1.08. The lowest BCUT2D eigenvalue weighted by Crippen LogP contribution is -2.16. The summed E-state index contributed by atoms with van der Waals surface area (Å²) in [7, 11) is 0. The molecule has 1 unspecified atom stereocenters. The summed E-state index contributed by atoms with van der Waals surface area (Å²) in [4.78, 5) is 4.40. The van der Waals surface area contributed by atoms with Gasteiger partial charge in [-0.25, -0.2) is 4.98 Å². The number of halogens is 1. The van der Waals surface area contributed by atoms with Crippen LogP contribution in [0.5, 0.6) is 0 Å². The largest absolute Gasteiger partial charge is 0.396 e. The Kier molecular flexibility index (Phi) is 4.55. The van der Waals surface area contributed by atoms with Gasteiger partial charge < -0.3 is 10.4 Å². The van der Waals surface area contributed by atoms with Gasteiger partial charge in [0.25, 0.3) is 0 Å². The van der Waals surface area contributed by atoms with E-state index in [1.165, 1.54) is 0 Å². The number of aromatic nitrogens is 1. The van der Waals surface area contributed by atoms with Crippen LogP contribution in [0.25, 0.3) is 10.8 Å². The monoisotopic (exact) mass is 308 g/mol. The highest BCUT2D eigenvalue weighted by molar-refractivity contribution is 9.10. The van der Waals surface area contributed by atoms with Crippen LogP contribution in [0, 0.1) is 0 Å². The average molecular weight is 309 g/mol. The van der Waals surface area contributed by atoms with Crippen molar-refractivity contribution >= 4 is 32.5 Å². The maximum atomic E-state index is 8.84. The summed E-state index contributed by atoms with van der Waals surface area (Å²) in [5.41, 5.74) is 0. The van der Waals surface area contributed by atoms with Crippen molar-refractivity contribution in [1.29, 1.82) is 0 Å². The van der Waals surface area contributed by atoms with Crippen LogP contribution in [0.1, 0.15) is 19.8 Å². The topological polar surface area (TPSA) is 45.1 Å². The van der Waals surface area contributed by atoms with Gasteiger partial charge in [0.2, 0.25) is 0 Å². The normalized spacial score (nSPS) is 12.6. The van der Waals surface area contributed by atoms with Gasteiger partial charge in [0.05, 0.1) is 0 Å². The molecule has 0 saturated heterocycles. The molecule has 96 valence electrons. The van der Waals surface area contributed by atoms with Gasteiger partial charge in [-0.05, 0) is 31.9 Å². The minimum absolute atomic E-state index is 0.237. The fourth-order valence-electron chi connectivity index (χ4n) is 1.99. The molecule has 0 aliphatic carbocycles. The summed E-state index contributed by atoms with van der Waals surface area (Å²) in [5, 5.41) is 14.5. The van der Waals surface area contributed by atoms with Crippen molar-refractivity contribution in [3.8, 4) is 0 Å². The second-order valence-corrected chi connectivity index (χ2v) is 5.26. The van der Waals surface area contributed by atoms with Crippen molar-refractivity contribution < 1.29 is 5.11 Å². The molecule has 2 rings (SSSR count). The first-order chi connectivity index (χ1) is 8.72. The molecular formula is C14H17BrN2O. The third-order valence-electron chi connectivity index (χ3n) is 2.93. The van der Waals surface area contributed by atoms with Crippen molar-refractivity contribution in [3.63, 3.8) is 0 Å². The molecule has 3 nitrogen and oxygen atoms in total. The second kappa shape index (κ2) is 6.16. The number of nitrogens with one attached hydrogen (secondary N) is 1. The standard InChI is InChI=1S/C14H17BrN2O/c1-10(4-3-9-18)17-14-12-5-2-6-13(15)11(12)7-8-16-14/h2,5-8,10,18H,3-4,9H2,1H3,(H,16,17). The second-order valence-electron chi connectivity index (χ2n) is 4.41. The molecule has 0 amide bonds. The summed E-state index contributed by atoms with van der Waals surface area (Å²) in [6.07, 6.45) is 3.55. The Morgan fingerprint density at radius 3 is 2.94 bits per heavy atom. The first-order valence-electron chi connectivity index (χ1n) is 6.13. The molecule has 1 aromatic carbocycles. The highest BCUT2D eigenvalue weighted by Gasteiger charge is 2.07. The van der Waals surface area contributed by atoms with E-state index in [0.717, 1.165) is 33.9 Å². The summed E-state index contributed by atoms with van der Waals surface area (Å²) >= 11 is 3.55. The van der Waals surface area contributed by atoms with E-state index in [2.05, 4.69) is 39.2 Å². The van der Waals surface area contributed by atoms with Gasteiger partial charge in [-0.3, -0.25) is 0 Å². The van der Waals surface area contributed by atoms with E-state index >= 15 is 0 Å². The van der Waals surface area contributed by atoms with Crippen molar-refractivity contribution in [3.05, 3.63) is 34.9 Å². The molecule has 0 radical (unpaired) electrons. The van der Waals surface area contributed by atoms with Gasteiger partial charge in [0.1, 0.15) is 5.82 Å². The molecule has 2 aromatic rings. The van der Waals surface area contributed by atoms with E-state index in [1.807, 2.05) is 24.4 Å². The average Bonchev–Trinajstić information content (AvgIpc) is 2.38. The van der Waals surface area contributed by atoms with Crippen molar-refractivity contribution in [2.75, 3.05) is 11.9 Å². The lowest BCUT2D eigenvalue weighted by atomic mass is 10.1. The molecule has 0 fully saturated rings. The van der Waals surface area contributed by atoms with E-state index in [9.17, 15) is 0 Å². The molecule has 4 heteroatoms. The molecule has 1 heterocycles. The van der Waals surface area contributed by atoms with Crippen LogP contribution in [-0.2, 0) is 0 Å². The first-order valence-corrected chi connectivity index (χ1v) is 6.92. The lowest BCUT2D eigenvalue weighted by molar-refractivity contribution is 0.282. The lowest BCUT2D eigenvalue weighted by Gasteiger charge is -2.15. The highest BCUT2D eigenvalue weighted by atomic mass is 79.9. The zero-order valence-electron chi connectivity index (χ0n) is 10.4. The zero-order chi connectivity index (χ0) is 13.0. The van der Waals surface area contributed by atoms with Crippen LogP contribution >= 0.6 is 15.9 Å². The van der Waals surface area contributed by atoms with E-state index in [-0.39, 0.29) is 6.61 Å². The molecule has 2 N–H and O–H groups in total. The molecule has 1 aromatic heterocycles. The van der Waals surface area contributed by atoms with Crippen LogP contribution < -0.4 is 5.32 Å². The SMILES string of the molecule is CC(CCCO)Nc1nccc2c(Br)cccc12. The Bertz CT molecular complexity index is 530. The van der Waals surface area contributed by atoms with Crippen LogP contribution in [0.2, 0.25) is 0 Å². The van der Waals surface area contributed by atoms with Gasteiger partial charge >= 0.3 is 0 Å². The Balaban J connectivity index is 2.25. The van der Waals surface area contributed by atoms with Gasteiger partial charge in [-0.15, -0.1) is 0 Å². The van der Waals surface area contributed by atoms with Crippen LogP contribution in [0.3, 0.4) is 0 Å². The molecule has 0 spiro atoms. The summed E-state index contributed by atoms with van der Waals surface area (Å²) in [6.45, 7) is 2.34. The Morgan fingerprint density at radius 2 is 2.17 bits per heavy atom. The number of rotatable bonds is 5. The quantitative estimate of drug-likeness (QED) is 0.887. The first kappa shape index (κ1) is 13.3. The van der Waals surface area contributed by atoms with Gasteiger partial charge in [-0.1, -0.05) is 28.1 Å². The maximum absolute atomic E-state index is 8.84. The van der Waals surface area contributed by atoms with Crippen molar-refractivity contribution in [1.82, 2.24) is 4.98 Å². The number of hydrogen-bond acceptors (Lipinski definition) is 3. The number of nitrogens with zero attached hydrogens (tertiary/aromatic N) is 1. The van der Waals surface area contributed by atoms with Crippen LogP contribution in [0.4, 0.5) is 5.82 Å². The summed E-state index contributed by atoms with van der Waals surface area (Å²) in [5.74, 6) is 0.902. The van der Waals surface area contributed by atoms with Gasteiger partial charge in [0.15, 0.2) is 0 Å². The Labute approximate surface area is 115 Å². The zero-order valence-corrected chi connectivity index (χ0v) is 11.9. The van der Waals surface area contributed by atoms with Crippen LogP contribution in [0.15, 0.2) is 34.9 Å². The number of fused-ring (bicyclic) bond motifs is 1. The third-order valence-corrected chi connectivity index (χ3v) is 3.62. The van der Waals surface area contributed by atoms with E-state index in [4.69, 9.17) is 5.11 Å². The number of aliphatic hydroxyl groups is 1. The highest BCUT2D eigenvalue weighted by Crippen LogP contribution is 2.28. The number of benzene rings is 1. The molecule has 0 bridgehead atoms. The van der Waals surface area contributed by atoms with Crippen molar-refractivity contribution in [2.45, 2.75) is 25.8 Å². The van der Waals surface area contributed by atoms with Gasteiger partial charge in [0, 0.05) is 34.1 Å². The fourth-order valence-corrected chi connectivity index (χ4v) is 2.49. The predicted octanol–water partition coefficient (Wildman–Crippen LogP) is 3.57. The maximum Gasteiger partial charge on any atom is 0.134 e. The molecule has 0 aliphatic rings. The molecule has 0 saturated carbocycles. The van der Waals surface area contributed by atoms with Gasteiger partial charge in [-0.2, -0.15) is 0 Å². The van der Waals surface area contributed by atoms with Crippen LogP contribution in [-0.4, -0.2) is 22.7 Å².